The van der Waals surface area contributed by atoms with Gasteiger partial charge in [0.15, 0.2) is 0 Å². The number of rotatable bonds is 4. The average molecular weight is 362 g/mol. The van der Waals surface area contributed by atoms with Crippen molar-refractivity contribution < 1.29 is 4.79 Å². The first-order chi connectivity index (χ1) is 12.6. The predicted molar refractivity (Wildman–Crippen MR) is 105 cm³/mol. The first-order valence-corrected chi connectivity index (χ1v) is 9.34. The smallest absolute Gasteiger partial charge is 0.265 e. The Kier molecular flexibility index (Phi) is 4.26. The van der Waals surface area contributed by atoms with Gasteiger partial charge in [-0.1, -0.05) is 25.1 Å². The van der Waals surface area contributed by atoms with Crippen molar-refractivity contribution in [3.05, 3.63) is 69.9 Å². The second kappa shape index (κ2) is 6.72. The second-order valence-electron chi connectivity index (χ2n) is 6.10. The van der Waals surface area contributed by atoms with Crippen molar-refractivity contribution in [1.82, 2.24) is 15.0 Å². The molecule has 0 aliphatic heterocycles. The molecular formula is C20H18N4OS. The highest BCUT2D eigenvalue weighted by Gasteiger charge is 2.12. The van der Waals surface area contributed by atoms with Crippen molar-refractivity contribution in [3.8, 4) is 5.69 Å². The number of carbonyl (C=O) groups is 1. The molecule has 0 unspecified atom stereocenters. The van der Waals surface area contributed by atoms with Crippen molar-refractivity contribution in [2.24, 2.45) is 0 Å². The quantitative estimate of drug-likeness (QED) is 0.577. The van der Waals surface area contributed by atoms with Crippen LogP contribution in [0.4, 0.5) is 5.69 Å². The molecule has 4 rings (SSSR count). The van der Waals surface area contributed by atoms with E-state index in [-0.39, 0.29) is 5.91 Å². The van der Waals surface area contributed by atoms with Crippen LogP contribution in [-0.2, 0) is 6.42 Å². The van der Waals surface area contributed by atoms with Crippen LogP contribution in [0, 0.1) is 6.92 Å². The van der Waals surface area contributed by atoms with E-state index in [4.69, 9.17) is 0 Å². The van der Waals surface area contributed by atoms with Gasteiger partial charge in [-0.2, -0.15) is 4.80 Å². The van der Waals surface area contributed by atoms with Gasteiger partial charge in [-0.3, -0.25) is 4.79 Å². The molecule has 0 aliphatic carbocycles. The van der Waals surface area contributed by atoms with Crippen LogP contribution in [0.3, 0.4) is 0 Å². The van der Waals surface area contributed by atoms with Crippen LogP contribution in [0.25, 0.3) is 16.7 Å². The lowest BCUT2D eigenvalue weighted by molar-refractivity contribution is 0.103. The van der Waals surface area contributed by atoms with Gasteiger partial charge in [0.05, 0.1) is 10.6 Å². The normalized spacial score (nSPS) is 11.0. The van der Waals surface area contributed by atoms with Crippen LogP contribution in [0.2, 0.25) is 0 Å². The van der Waals surface area contributed by atoms with Crippen LogP contribution < -0.4 is 5.32 Å². The number of aromatic nitrogens is 3. The predicted octanol–water partition coefficient (Wildman–Crippen LogP) is 4.61. The molecule has 1 amide bonds. The Balaban J connectivity index is 1.67. The van der Waals surface area contributed by atoms with Gasteiger partial charge in [-0.15, -0.1) is 21.5 Å². The van der Waals surface area contributed by atoms with Crippen LogP contribution >= 0.6 is 11.3 Å². The Morgan fingerprint density at radius 3 is 2.50 bits per heavy atom. The number of amides is 1. The molecule has 2 heterocycles. The highest BCUT2D eigenvalue weighted by molar-refractivity contribution is 7.12. The summed E-state index contributed by atoms with van der Waals surface area (Å²) in [5.74, 6) is -0.106. The molecule has 0 aliphatic rings. The molecule has 0 atom stereocenters. The molecule has 0 radical (unpaired) electrons. The van der Waals surface area contributed by atoms with E-state index < -0.39 is 0 Å². The Bertz CT molecular complexity index is 1070. The van der Waals surface area contributed by atoms with E-state index >= 15 is 0 Å². The van der Waals surface area contributed by atoms with Crippen LogP contribution in [0.5, 0.6) is 0 Å². The number of anilines is 1. The van der Waals surface area contributed by atoms with E-state index in [0.29, 0.717) is 4.88 Å². The fourth-order valence-electron chi connectivity index (χ4n) is 2.77. The van der Waals surface area contributed by atoms with Crippen molar-refractivity contribution in [1.29, 1.82) is 0 Å². The van der Waals surface area contributed by atoms with Gasteiger partial charge in [-0.05, 0) is 60.2 Å². The number of aryl methyl sites for hydroxylation is 2. The minimum Gasteiger partial charge on any atom is -0.321 e. The van der Waals surface area contributed by atoms with E-state index in [9.17, 15) is 4.79 Å². The Morgan fingerprint density at radius 2 is 1.85 bits per heavy atom. The topological polar surface area (TPSA) is 59.8 Å². The van der Waals surface area contributed by atoms with E-state index in [2.05, 4.69) is 34.6 Å². The summed E-state index contributed by atoms with van der Waals surface area (Å²) in [7, 11) is 0. The molecule has 0 bridgehead atoms. The molecule has 1 N–H and O–H groups in total. The maximum absolute atomic E-state index is 12.3. The minimum atomic E-state index is -0.106. The number of benzene rings is 2. The Morgan fingerprint density at radius 1 is 1.12 bits per heavy atom. The van der Waals surface area contributed by atoms with Crippen LogP contribution in [0.1, 0.15) is 27.7 Å². The third kappa shape index (κ3) is 3.11. The van der Waals surface area contributed by atoms with Gasteiger partial charge in [0.2, 0.25) is 0 Å². The Labute approximate surface area is 155 Å². The summed E-state index contributed by atoms with van der Waals surface area (Å²) in [6.45, 7) is 4.09. The van der Waals surface area contributed by atoms with E-state index in [1.165, 1.54) is 16.9 Å². The first kappa shape index (κ1) is 16.5. The summed E-state index contributed by atoms with van der Waals surface area (Å²) >= 11 is 1.42. The standard InChI is InChI=1S/C20H18N4OS/c1-3-14-6-8-15(9-7-14)24-22-17-11-13(2)16(12-18(17)23-24)21-20(25)19-5-4-10-26-19/h4-12H,3H2,1-2H3,(H,21,25). The molecule has 4 aromatic rings. The second-order valence-corrected chi connectivity index (χ2v) is 7.04. The Hall–Kier alpha value is -2.99. The third-order valence-corrected chi connectivity index (χ3v) is 5.16. The lowest BCUT2D eigenvalue weighted by atomic mass is 10.1. The highest BCUT2D eigenvalue weighted by atomic mass is 32.1. The zero-order valence-corrected chi connectivity index (χ0v) is 15.4. The summed E-state index contributed by atoms with van der Waals surface area (Å²) in [6.07, 6.45) is 1.00. The number of hydrogen-bond acceptors (Lipinski definition) is 4. The monoisotopic (exact) mass is 362 g/mol. The zero-order chi connectivity index (χ0) is 18.1. The summed E-state index contributed by atoms with van der Waals surface area (Å²) in [5.41, 5.74) is 5.45. The molecule has 0 fully saturated rings. The number of nitrogens with zero attached hydrogens (tertiary/aromatic N) is 3. The van der Waals surface area contributed by atoms with E-state index in [1.807, 2.05) is 48.7 Å². The van der Waals surface area contributed by atoms with E-state index in [0.717, 1.165) is 34.4 Å². The number of thiophene rings is 1. The fraction of sp³-hybridized carbons (Fsp3) is 0.150. The fourth-order valence-corrected chi connectivity index (χ4v) is 3.39. The largest absolute Gasteiger partial charge is 0.321 e. The molecular weight excluding hydrogens is 344 g/mol. The first-order valence-electron chi connectivity index (χ1n) is 8.46. The minimum absolute atomic E-state index is 0.106. The molecule has 6 heteroatoms. The average Bonchev–Trinajstić information content (AvgIpc) is 3.32. The van der Waals surface area contributed by atoms with Crippen molar-refractivity contribution in [2.75, 3.05) is 5.32 Å². The van der Waals surface area contributed by atoms with E-state index in [1.54, 1.807) is 4.80 Å². The lowest BCUT2D eigenvalue weighted by Gasteiger charge is -2.06. The molecule has 130 valence electrons. The van der Waals surface area contributed by atoms with Gasteiger partial charge in [0, 0.05) is 5.69 Å². The summed E-state index contributed by atoms with van der Waals surface area (Å²) in [6, 6.07) is 15.7. The number of carbonyl (C=O) groups excluding carboxylic acids is 1. The van der Waals surface area contributed by atoms with Gasteiger partial charge in [0.1, 0.15) is 11.0 Å². The summed E-state index contributed by atoms with van der Waals surface area (Å²) < 4.78 is 0. The molecule has 0 spiro atoms. The SMILES string of the molecule is CCc1ccc(-n2nc3cc(C)c(NC(=O)c4cccs4)cc3n2)cc1. The van der Waals surface area contributed by atoms with Gasteiger partial charge >= 0.3 is 0 Å². The number of fused-ring (bicyclic) bond motifs is 1. The van der Waals surface area contributed by atoms with Crippen molar-refractivity contribution in [2.45, 2.75) is 20.3 Å². The lowest BCUT2D eigenvalue weighted by Crippen LogP contribution is -2.11. The van der Waals surface area contributed by atoms with Gasteiger partial charge in [0.25, 0.3) is 5.91 Å². The highest BCUT2D eigenvalue weighted by Crippen LogP contribution is 2.23. The molecule has 26 heavy (non-hydrogen) atoms. The molecule has 0 saturated carbocycles. The molecule has 2 aromatic heterocycles. The molecule has 2 aromatic carbocycles. The van der Waals surface area contributed by atoms with Gasteiger partial charge < -0.3 is 5.32 Å². The number of nitrogens with one attached hydrogen (secondary N) is 1. The van der Waals surface area contributed by atoms with Gasteiger partial charge in [-0.25, -0.2) is 0 Å². The number of hydrogen-bond donors (Lipinski definition) is 1. The summed E-state index contributed by atoms with van der Waals surface area (Å²) in [4.78, 5) is 14.6. The van der Waals surface area contributed by atoms with Crippen LogP contribution in [0.15, 0.2) is 53.9 Å². The molecule has 0 saturated heterocycles. The molecule has 5 nitrogen and oxygen atoms in total. The third-order valence-electron chi connectivity index (χ3n) is 4.30. The summed E-state index contributed by atoms with van der Waals surface area (Å²) in [5, 5.41) is 14.0. The maximum atomic E-state index is 12.3. The van der Waals surface area contributed by atoms with Crippen molar-refractivity contribution >= 4 is 34.0 Å². The van der Waals surface area contributed by atoms with Crippen LogP contribution in [-0.4, -0.2) is 20.9 Å². The zero-order valence-electron chi connectivity index (χ0n) is 14.6. The van der Waals surface area contributed by atoms with Crippen molar-refractivity contribution in [3.63, 3.8) is 0 Å². The maximum Gasteiger partial charge on any atom is 0.265 e.